The third-order valence-electron chi connectivity index (χ3n) is 3.55. The number of ether oxygens (including phenoxy) is 1. The van der Waals surface area contributed by atoms with Gasteiger partial charge in [0.2, 0.25) is 10.0 Å². The van der Waals surface area contributed by atoms with E-state index in [2.05, 4.69) is 10.0 Å². The molecule has 0 fully saturated rings. The molecule has 140 valence electrons. The summed E-state index contributed by atoms with van der Waals surface area (Å²) in [5.74, 6) is 0.373. The standard InChI is InChI=1S/C19H24N2O4S/c1-4-15-7-5-6-8-18(15)25-13-19(22)20-16-9-11-17(12-10-16)26(23,24)21-14(2)3/h5-12,14,21H,4,13H2,1-3H3,(H,20,22). The van der Waals surface area contributed by atoms with Crippen LogP contribution in [0, 0.1) is 0 Å². The van der Waals surface area contributed by atoms with Crippen molar-refractivity contribution in [1.82, 2.24) is 4.72 Å². The van der Waals surface area contributed by atoms with Crippen LogP contribution in [0.4, 0.5) is 5.69 Å². The van der Waals surface area contributed by atoms with E-state index in [1.54, 1.807) is 26.0 Å². The Morgan fingerprint density at radius 1 is 1.08 bits per heavy atom. The van der Waals surface area contributed by atoms with Crippen molar-refractivity contribution in [1.29, 1.82) is 0 Å². The summed E-state index contributed by atoms with van der Waals surface area (Å²) in [5.41, 5.74) is 1.54. The molecule has 2 aromatic rings. The largest absolute Gasteiger partial charge is 0.483 e. The zero-order valence-corrected chi connectivity index (χ0v) is 16.0. The highest BCUT2D eigenvalue weighted by Gasteiger charge is 2.15. The summed E-state index contributed by atoms with van der Waals surface area (Å²) < 4.78 is 32.2. The number of carbonyl (C=O) groups is 1. The van der Waals surface area contributed by atoms with E-state index in [0.717, 1.165) is 12.0 Å². The van der Waals surface area contributed by atoms with Crippen LogP contribution in [0.3, 0.4) is 0 Å². The van der Waals surface area contributed by atoms with Gasteiger partial charge in [-0.15, -0.1) is 0 Å². The Hall–Kier alpha value is -2.38. The zero-order chi connectivity index (χ0) is 19.2. The van der Waals surface area contributed by atoms with Crippen molar-refractivity contribution in [3.8, 4) is 5.75 Å². The molecular weight excluding hydrogens is 352 g/mol. The van der Waals surface area contributed by atoms with E-state index in [-0.39, 0.29) is 23.5 Å². The lowest BCUT2D eigenvalue weighted by molar-refractivity contribution is -0.118. The van der Waals surface area contributed by atoms with Crippen LogP contribution in [-0.2, 0) is 21.2 Å². The number of hydrogen-bond donors (Lipinski definition) is 2. The molecule has 7 heteroatoms. The summed E-state index contributed by atoms with van der Waals surface area (Å²) in [4.78, 5) is 12.2. The molecule has 2 rings (SSSR count). The fourth-order valence-corrected chi connectivity index (χ4v) is 3.62. The fraction of sp³-hybridized carbons (Fsp3) is 0.316. The van der Waals surface area contributed by atoms with Gasteiger partial charge in [0.05, 0.1) is 4.90 Å². The Kier molecular flexibility index (Phi) is 6.76. The molecule has 0 aliphatic heterocycles. The third-order valence-corrected chi connectivity index (χ3v) is 5.23. The number of benzene rings is 2. The summed E-state index contributed by atoms with van der Waals surface area (Å²) in [5, 5.41) is 2.69. The van der Waals surface area contributed by atoms with Crippen LogP contribution in [-0.4, -0.2) is 27.0 Å². The number of aryl methyl sites for hydroxylation is 1. The predicted octanol–water partition coefficient (Wildman–Crippen LogP) is 2.95. The van der Waals surface area contributed by atoms with Gasteiger partial charge in [-0.3, -0.25) is 4.79 Å². The van der Waals surface area contributed by atoms with E-state index in [1.807, 2.05) is 31.2 Å². The van der Waals surface area contributed by atoms with Gasteiger partial charge in [0, 0.05) is 11.7 Å². The quantitative estimate of drug-likeness (QED) is 0.742. The molecule has 0 saturated carbocycles. The fourth-order valence-electron chi connectivity index (χ4n) is 2.37. The van der Waals surface area contributed by atoms with Crippen LogP contribution < -0.4 is 14.8 Å². The van der Waals surface area contributed by atoms with Crippen LogP contribution in [0.15, 0.2) is 53.4 Å². The van der Waals surface area contributed by atoms with Crippen LogP contribution in [0.25, 0.3) is 0 Å². The summed E-state index contributed by atoms with van der Waals surface area (Å²) in [6, 6.07) is 13.4. The average molecular weight is 376 g/mol. The minimum absolute atomic E-state index is 0.119. The Balaban J connectivity index is 1.95. The maximum atomic E-state index is 12.1. The molecule has 1 amide bonds. The molecule has 2 N–H and O–H groups in total. The van der Waals surface area contributed by atoms with Gasteiger partial charge >= 0.3 is 0 Å². The summed E-state index contributed by atoms with van der Waals surface area (Å²) in [7, 11) is -3.55. The predicted molar refractivity (Wildman–Crippen MR) is 102 cm³/mol. The first-order valence-electron chi connectivity index (χ1n) is 8.44. The Morgan fingerprint density at radius 3 is 2.35 bits per heavy atom. The summed E-state index contributed by atoms with van der Waals surface area (Å²) in [6.07, 6.45) is 0.818. The lowest BCUT2D eigenvalue weighted by atomic mass is 10.1. The molecule has 0 radical (unpaired) electrons. The molecule has 0 bridgehead atoms. The lowest BCUT2D eigenvalue weighted by Crippen LogP contribution is -2.30. The molecule has 0 spiro atoms. The van der Waals surface area contributed by atoms with Gasteiger partial charge < -0.3 is 10.1 Å². The highest BCUT2D eigenvalue weighted by Crippen LogP contribution is 2.18. The van der Waals surface area contributed by atoms with Gasteiger partial charge in [-0.05, 0) is 56.2 Å². The number of carbonyl (C=O) groups excluding carboxylic acids is 1. The molecular formula is C19H24N2O4S. The second-order valence-corrected chi connectivity index (χ2v) is 7.81. The topological polar surface area (TPSA) is 84.5 Å². The van der Waals surface area contributed by atoms with Gasteiger partial charge in [0.25, 0.3) is 5.91 Å². The maximum Gasteiger partial charge on any atom is 0.262 e. The molecule has 0 saturated heterocycles. The van der Waals surface area contributed by atoms with Crippen molar-refractivity contribution in [3.63, 3.8) is 0 Å². The Labute approximate surface area is 154 Å². The smallest absolute Gasteiger partial charge is 0.262 e. The summed E-state index contributed by atoms with van der Waals surface area (Å²) in [6.45, 7) is 5.41. The van der Waals surface area contributed by atoms with Gasteiger partial charge in [-0.2, -0.15) is 0 Å². The van der Waals surface area contributed by atoms with Crippen molar-refractivity contribution >= 4 is 21.6 Å². The average Bonchev–Trinajstić information content (AvgIpc) is 2.59. The van der Waals surface area contributed by atoms with Crippen molar-refractivity contribution in [2.45, 2.75) is 38.1 Å². The number of nitrogens with one attached hydrogen (secondary N) is 2. The SMILES string of the molecule is CCc1ccccc1OCC(=O)Nc1ccc(S(=O)(=O)NC(C)C)cc1. The Bertz CT molecular complexity index is 846. The number of sulfonamides is 1. The number of rotatable bonds is 8. The first-order chi connectivity index (χ1) is 12.3. The molecule has 0 aromatic heterocycles. The van der Waals surface area contributed by atoms with E-state index in [1.165, 1.54) is 12.1 Å². The number of anilines is 1. The lowest BCUT2D eigenvalue weighted by Gasteiger charge is -2.12. The second kappa shape index (κ2) is 8.82. The third kappa shape index (κ3) is 5.57. The van der Waals surface area contributed by atoms with Gasteiger partial charge in [-0.25, -0.2) is 13.1 Å². The highest BCUT2D eigenvalue weighted by molar-refractivity contribution is 7.89. The number of amides is 1. The molecule has 26 heavy (non-hydrogen) atoms. The van der Waals surface area contributed by atoms with Crippen molar-refractivity contribution in [2.24, 2.45) is 0 Å². The Morgan fingerprint density at radius 2 is 1.73 bits per heavy atom. The molecule has 0 unspecified atom stereocenters. The molecule has 0 heterocycles. The minimum Gasteiger partial charge on any atom is -0.483 e. The molecule has 0 aliphatic carbocycles. The van der Waals surface area contributed by atoms with Crippen LogP contribution in [0.5, 0.6) is 5.75 Å². The molecule has 6 nitrogen and oxygen atoms in total. The van der Waals surface area contributed by atoms with Crippen molar-refractivity contribution in [2.75, 3.05) is 11.9 Å². The highest BCUT2D eigenvalue weighted by atomic mass is 32.2. The number of para-hydroxylation sites is 1. The van der Waals surface area contributed by atoms with E-state index in [0.29, 0.717) is 11.4 Å². The monoisotopic (exact) mass is 376 g/mol. The van der Waals surface area contributed by atoms with Crippen LogP contribution >= 0.6 is 0 Å². The van der Waals surface area contributed by atoms with E-state index < -0.39 is 10.0 Å². The van der Waals surface area contributed by atoms with Gasteiger partial charge in [-0.1, -0.05) is 25.1 Å². The molecule has 0 aliphatic rings. The van der Waals surface area contributed by atoms with Gasteiger partial charge in [0.1, 0.15) is 5.75 Å². The number of hydrogen-bond acceptors (Lipinski definition) is 4. The van der Waals surface area contributed by atoms with Crippen molar-refractivity contribution in [3.05, 3.63) is 54.1 Å². The van der Waals surface area contributed by atoms with Crippen LogP contribution in [0.2, 0.25) is 0 Å². The van der Waals surface area contributed by atoms with Crippen LogP contribution in [0.1, 0.15) is 26.3 Å². The zero-order valence-electron chi connectivity index (χ0n) is 15.2. The van der Waals surface area contributed by atoms with E-state index in [4.69, 9.17) is 4.74 Å². The summed E-state index contributed by atoms with van der Waals surface area (Å²) >= 11 is 0. The second-order valence-electron chi connectivity index (χ2n) is 6.10. The first-order valence-corrected chi connectivity index (χ1v) is 9.93. The maximum absolute atomic E-state index is 12.1. The molecule has 2 aromatic carbocycles. The van der Waals surface area contributed by atoms with Gasteiger partial charge in [0.15, 0.2) is 6.61 Å². The first kappa shape index (κ1) is 19.9. The minimum atomic E-state index is -3.55. The van der Waals surface area contributed by atoms with E-state index >= 15 is 0 Å². The molecule has 0 atom stereocenters. The normalized spacial score (nSPS) is 11.4. The van der Waals surface area contributed by atoms with E-state index in [9.17, 15) is 13.2 Å². The van der Waals surface area contributed by atoms with Crippen molar-refractivity contribution < 1.29 is 17.9 Å².